The van der Waals surface area contributed by atoms with Gasteiger partial charge in [0.1, 0.15) is 54.4 Å². The minimum atomic E-state index is -1.62. The highest BCUT2D eigenvalue weighted by molar-refractivity contribution is 5.99. The monoisotopic (exact) mass is 1070 g/mol. The number of likely N-dealkylation sites (tertiary alicyclic amines) is 2. The topological polar surface area (TPSA) is 455 Å². The van der Waals surface area contributed by atoms with Crippen molar-refractivity contribution in [2.45, 2.75) is 159 Å². The van der Waals surface area contributed by atoms with Gasteiger partial charge in [0.05, 0.1) is 13.0 Å². The minimum absolute atomic E-state index is 0.0262. The van der Waals surface area contributed by atoms with Crippen molar-refractivity contribution in [3.63, 3.8) is 0 Å². The number of hydrogen-bond donors (Lipinski definition) is 13. The molecule has 10 atom stereocenters. The first-order valence-corrected chi connectivity index (χ1v) is 25.6. The van der Waals surface area contributed by atoms with Crippen molar-refractivity contribution in [1.82, 2.24) is 41.7 Å². The molecule has 0 saturated carbocycles. The summed E-state index contributed by atoms with van der Waals surface area (Å²) in [5, 5.41) is 24.9. The molecule has 0 spiro atoms. The molecule has 0 unspecified atom stereocenters. The van der Waals surface area contributed by atoms with E-state index in [-0.39, 0.29) is 82.9 Å². The van der Waals surface area contributed by atoms with E-state index < -0.39 is 138 Å². The molecule has 2 saturated heterocycles. The number of hydrogen-bond acceptors (Lipinski definition) is 14. The second-order valence-electron chi connectivity index (χ2n) is 19.7. The summed E-state index contributed by atoms with van der Waals surface area (Å²) in [6, 6.07) is -2.95. The molecule has 27 heteroatoms. The molecule has 2 aliphatic heterocycles. The van der Waals surface area contributed by atoms with E-state index in [9.17, 15) is 57.8 Å². The fraction of sp³-hybridized carbons (Fsp3) is 0.633. The minimum Gasteiger partial charge on any atom is -0.394 e. The van der Waals surface area contributed by atoms with Crippen LogP contribution in [0.5, 0.6) is 0 Å². The van der Waals surface area contributed by atoms with Gasteiger partial charge in [0.15, 0.2) is 5.96 Å². The number of guanidine groups is 1. The van der Waals surface area contributed by atoms with Crippen molar-refractivity contribution in [1.29, 1.82) is 0 Å². The Bertz CT molecular complexity index is 2250. The van der Waals surface area contributed by atoms with Gasteiger partial charge >= 0.3 is 0 Å². The number of carbonyl (C=O) groups excluding carboxylic acids is 11. The average Bonchev–Trinajstić information content (AvgIpc) is 4.07. The first kappa shape index (κ1) is 62.9. The molecule has 19 N–H and O–H groups in total. The Morgan fingerprint density at radius 3 is 1.70 bits per heavy atom. The number of carbonyl (C=O) groups is 11. The molecule has 2 fully saturated rings. The number of nitrogens with one attached hydrogen (secondary N) is 6. The fourth-order valence-electron chi connectivity index (χ4n) is 8.87. The number of aliphatic imine (C=N–C) groups is 1. The lowest BCUT2D eigenvalue weighted by Gasteiger charge is -2.33. The number of aliphatic hydroxyl groups excluding tert-OH is 1. The molecule has 11 amide bonds. The molecule has 0 aliphatic carbocycles. The molecule has 1 aromatic rings. The molecule has 0 bridgehead atoms. The number of nitrogens with zero attached hydrogens (tertiary/aromatic N) is 3. The number of primary amides is 3. The van der Waals surface area contributed by atoms with Crippen LogP contribution in [0.3, 0.4) is 0 Å². The number of benzene rings is 1. The van der Waals surface area contributed by atoms with Crippen LogP contribution in [0.15, 0.2) is 35.3 Å². The second kappa shape index (κ2) is 30.8. The highest BCUT2D eigenvalue weighted by Crippen LogP contribution is 2.24. The summed E-state index contributed by atoms with van der Waals surface area (Å²) in [4.78, 5) is 154. The molecular weight excluding hydrogens is 991 g/mol. The van der Waals surface area contributed by atoms with Gasteiger partial charge in [-0.1, -0.05) is 64.4 Å². The molecule has 422 valence electrons. The van der Waals surface area contributed by atoms with E-state index in [0.717, 1.165) is 0 Å². The van der Waals surface area contributed by atoms with Crippen molar-refractivity contribution in [2.75, 3.05) is 26.2 Å². The van der Waals surface area contributed by atoms with Crippen molar-refractivity contribution in [3.05, 3.63) is 35.9 Å². The van der Waals surface area contributed by atoms with Crippen LogP contribution in [0.4, 0.5) is 0 Å². The van der Waals surface area contributed by atoms with Gasteiger partial charge in [-0.25, -0.2) is 0 Å². The van der Waals surface area contributed by atoms with Crippen molar-refractivity contribution >= 4 is 70.9 Å². The number of aliphatic hydroxyl groups is 1. The standard InChI is InChI=1S/C49H79N15O12/c1-5-27(4)39(62-41(69)29(50)25-65)48(76)64-21-11-16-36(64)46(74)60-33(24-38(52)67)44(72)61-34(22-26(2)3)47(75)63-20-10-15-35(63)45(73)58-31(17-18-37(51)66)43(71)57-30(14-9-19-56-49(54)55)42(70)59-32(40(53)68)23-28-12-7-6-8-13-28/h6-8,12-13,26-27,29-36,39,65H,5,9-11,14-25,50H2,1-4H3,(H2,51,66)(H2,52,67)(H2,53,68)(H,57,71)(H,58,73)(H,59,70)(H,60,74)(H,61,72)(H,62,69)(H4,54,55,56)/t27-,29-,30-,31-,32-,33-,34-,35-,36-,39-/m0/s1. The highest BCUT2D eigenvalue weighted by Gasteiger charge is 2.43. The zero-order chi connectivity index (χ0) is 56.8. The summed E-state index contributed by atoms with van der Waals surface area (Å²) in [6.07, 6.45) is 0.201. The Morgan fingerprint density at radius 1 is 0.658 bits per heavy atom. The number of rotatable bonds is 31. The van der Waals surface area contributed by atoms with Gasteiger partial charge in [0, 0.05) is 32.5 Å². The summed E-state index contributed by atoms with van der Waals surface area (Å²) in [5.41, 5.74) is 33.9. The molecule has 2 heterocycles. The van der Waals surface area contributed by atoms with Gasteiger partial charge < -0.3 is 81.2 Å². The third-order valence-corrected chi connectivity index (χ3v) is 13.2. The summed E-state index contributed by atoms with van der Waals surface area (Å²) >= 11 is 0. The quantitative estimate of drug-likeness (QED) is 0.0189. The van der Waals surface area contributed by atoms with Crippen molar-refractivity contribution in [3.8, 4) is 0 Å². The predicted molar refractivity (Wildman–Crippen MR) is 277 cm³/mol. The number of nitrogens with two attached hydrogens (primary N) is 6. The molecule has 3 rings (SSSR count). The number of amides is 11. The van der Waals surface area contributed by atoms with E-state index in [1.165, 1.54) is 9.80 Å². The maximum atomic E-state index is 14.5. The Hall–Kier alpha value is -7.42. The lowest BCUT2D eigenvalue weighted by Crippen LogP contribution is -2.61. The van der Waals surface area contributed by atoms with Crippen molar-refractivity contribution < 1.29 is 57.8 Å². The molecule has 0 radical (unpaired) electrons. The van der Waals surface area contributed by atoms with E-state index in [1.54, 1.807) is 58.0 Å². The van der Waals surface area contributed by atoms with Crippen LogP contribution in [0.25, 0.3) is 0 Å². The van der Waals surface area contributed by atoms with Crippen molar-refractivity contribution in [2.24, 2.45) is 51.2 Å². The van der Waals surface area contributed by atoms with E-state index in [0.29, 0.717) is 24.8 Å². The first-order valence-electron chi connectivity index (χ1n) is 25.6. The van der Waals surface area contributed by atoms with E-state index in [4.69, 9.17) is 34.4 Å². The lowest BCUT2D eigenvalue weighted by atomic mass is 9.97. The van der Waals surface area contributed by atoms with Gasteiger partial charge in [-0.15, -0.1) is 0 Å². The molecule has 2 aliphatic rings. The normalized spacial score (nSPS) is 18.3. The van der Waals surface area contributed by atoms with Crippen LogP contribution in [0, 0.1) is 11.8 Å². The molecule has 76 heavy (non-hydrogen) atoms. The zero-order valence-electron chi connectivity index (χ0n) is 43.8. The van der Waals surface area contributed by atoms with E-state index >= 15 is 0 Å². The molecule has 1 aromatic carbocycles. The zero-order valence-corrected chi connectivity index (χ0v) is 43.8. The molecule has 27 nitrogen and oxygen atoms in total. The van der Waals surface area contributed by atoms with Gasteiger partial charge in [0.2, 0.25) is 65.0 Å². The smallest absolute Gasteiger partial charge is 0.246 e. The predicted octanol–water partition coefficient (Wildman–Crippen LogP) is -4.79. The lowest BCUT2D eigenvalue weighted by molar-refractivity contribution is -0.144. The Kier molecular flexibility index (Phi) is 25.5. The van der Waals surface area contributed by atoms with Crippen LogP contribution in [0.1, 0.15) is 104 Å². The first-order chi connectivity index (χ1) is 35.9. The van der Waals surface area contributed by atoms with E-state index in [1.807, 2.05) is 0 Å². The van der Waals surface area contributed by atoms with Crippen LogP contribution in [0.2, 0.25) is 0 Å². The maximum Gasteiger partial charge on any atom is 0.246 e. The second-order valence-corrected chi connectivity index (χ2v) is 19.7. The average molecular weight is 1070 g/mol. The summed E-state index contributed by atoms with van der Waals surface area (Å²) in [5.74, 6) is -9.84. The SMILES string of the molecule is CC[C@H](C)[C@H](NC(=O)[C@@H](N)CO)C(=O)N1CCC[C@H]1C(=O)N[C@@H](CC(N)=O)C(=O)N[C@@H](CC(C)C)C(=O)N1CCC[C@H]1C(=O)N[C@@H](CCC(N)=O)C(=O)N[C@@H](CCCN=C(N)N)C(=O)N[C@@H](Cc1ccccc1)C(N)=O. The third-order valence-electron chi connectivity index (χ3n) is 13.2. The van der Waals surface area contributed by atoms with Gasteiger partial charge in [-0.05, 0) is 68.8 Å². The van der Waals surface area contributed by atoms with Gasteiger partial charge in [0.25, 0.3) is 0 Å². The van der Waals surface area contributed by atoms with Gasteiger partial charge in [-0.2, -0.15) is 0 Å². The van der Waals surface area contributed by atoms with Gasteiger partial charge in [-0.3, -0.25) is 57.7 Å². The maximum absolute atomic E-state index is 14.5. The highest BCUT2D eigenvalue weighted by atomic mass is 16.3. The summed E-state index contributed by atoms with van der Waals surface area (Å²) < 4.78 is 0. The largest absolute Gasteiger partial charge is 0.394 e. The Balaban J connectivity index is 1.84. The fourth-order valence-corrected chi connectivity index (χ4v) is 8.87. The van der Waals surface area contributed by atoms with Crippen LogP contribution >= 0.6 is 0 Å². The summed E-state index contributed by atoms with van der Waals surface area (Å²) in [7, 11) is 0. The van der Waals surface area contributed by atoms with Crippen LogP contribution in [-0.4, -0.2) is 166 Å². The van der Waals surface area contributed by atoms with Crippen LogP contribution < -0.4 is 66.3 Å². The molecular formula is C49H79N15O12. The van der Waals surface area contributed by atoms with E-state index in [2.05, 4.69) is 36.9 Å². The molecule has 0 aromatic heterocycles. The third kappa shape index (κ3) is 19.7. The Labute approximate surface area is 441 Å². The summed E-state index contributed by atoms with van der Waals surface area (Å²) in [6.45, 7) is 6.62. The van der Waals surface area contributed by atoms with Crippen LogP contribution in [-0.2, 0) is 59.2 Å². The Morgan fingerprint density at radius 2 is 1.18 bits per heavy atom.